The van der Waals surface area contributed by atoms with E-state index in [2.05, 4.69) is 0 Å². The first kappa shape index (κ1) is 17.5. The van der Waals surface area contributed by atoms with Crippen LogP contribution in [0.1, 0.15) is 0 Å². The molecule has 0 spiro atoms. The van der Waals surface area contributed by atoms with Crippen molar-refractivity contribution in [3.63, 3.8) is 0 Å². The van der Waals surface area contributed by atoms with Crippen molar-refractivity contribution in [2.45, 2.75) is 0 Å². The number of hydrogen-bond acceptors (Lipinski definition) is 4. The summed E-state index contributed by atoms with van der Waals surface area (Å²) in [5.74, 6) is 0.903. The molecule has 0 atom stereocenters. The fraction of sp³-hybridized carbons (Fsp3) is 0.136. The summed E-state index contributed by atoms with van der Waals surface area (Å²) in [6.07, 6.45) is 0. The van der Waals surface area contributed by atoms with Crippen molar-refractivity contribution in [1.82, 2.24) is 0 Å². The van der Waals surface area contributed by atoms with Gasteiger partial charge in [0.25, 0.3) is 0 Å². The number of hydrogen-bond donors (Lipinski definition) is 0. The van der Waals surface area contributed by atoms with Gasteiger partial charge in [0.2, 0.25) is 0 Å². The fourth-order valence-corrected chi connectivity index (χ4v) is 2.73. The lowest BCUT2D eigenvalue weighted by Gasteiger charge is -2.18. The molecule has 0 saturated heterocycles. The standard InChI is InChI=1S/C22H20O4/c1-24-18-13-19(16-9-5-3-6-10-16)22(26-15-21(23)25-2)20(14-18)17-11-7-4-8-12-17/h3-14H,15H2,1-2H3. The molecule has 3 aromatic rings. The average Bonchev–Trinajstić information content (AvgIpc) is 2.72. The molecular weight excluding hydrogens is 328 g/mol. The Hall–Kier alpha value is -3.27. The Morgan fingerprint density at radius 1 is 0.808 bits per heavy atom. The molecule has 0 radical (unpaired) electrons. The van der Waals surface area contributed by atoms with Crippen molar-refractivity contribution < 1.29 is 19.0 Å². The molecule has 4 nitrogen and oxygen atoms in total. The minimum absolute atomic E-state index is 0.164. The van der Waals surface area contributed by atoms with Crippen LogP contribution in [0.5, 0.6) is 11.5 Å². The second kappa shape index (κ2) is 8.21. The van der Waals surface area contributed by atoms with Gasteiger partial charge in [-0.15, -0.1) is 0 Å². The summed E-state index contributed by atoms with van der Waals surface area (Å²) in [4.78, 5) is 11.6. The Labute approximate surface area is 153 Å². The Morgan fingerprint density at radius 2 is 1.31 bits per heavy atom. The molecule has 0 bridgehead atoms. The number of ether oxygens (including phenoxy) is 3. The zero-order valence-electron chi connectivity index (χ0n) is 14.8. The molecule has 3 rings (SSSR count). The summed E-state index contributed by atoms with van der Waals surface area (Å²) in [5.41, 5.74) is 3.66. The SMILES string of the molecule is COC(=O)COc1c(-c2ccccc2)cc(OC)cc1-c1ccccc1. The highest BCUT2D eigenvalue weighted by Gasteiger charge is 2.17. The number of carbonyl (C=O) groups excluding carboxylic acids is 1. The molecule has 0 N–H and O–H groups in total. The summed E-state index contributed by atoms with van der Waals surface area (Å²) >= 11 is 0. The normalized spacial score (nSPS) is 10.2. The van der Waals surface area contributed by atoms with Crippen LogP contribution in [0.2, 0.25) is 0 Å². The summed E-state index contributed by atoms with van der Waals surface area (Å²) in [7, 11) is 2.98. The third kappa shape index (κ3) is 3.86. The maximum atomic E-state index is 11.6. The number of rotatable bonds is 6. The van der Waals surface area contributed by atoms with Crippen LogP contribution in [0.25, 0.3) is 22.3 Å². The summed E-state index contributed by atoms with van der Waals surface area (Å²) in [6, 6.07) is 23.5. The van der Waals surface area contributed by atoms with Crippen LogP contribution in [-0.4, -0.2) is 26.8 Å². The van der Waals surface area contributed by atoms with Gasteiger partial charge in [-0.3, -0.25) is 0 Å². The summed E-state index contributed by atoms with van der Waals surface area (Å²) < 4.78 is 16.1. The zero-order chi connectivity index (χ0) is 18.4. The van der Waals surface area contributed by atoms with Crippen LogP contribution in [0.3, 0.4) is 0 Å². The van der Waals surface area contributed by atoms with E-state index in [1.54, 1.807) is 7.11 Å². The Bertz CT molecular complexity index is 813. The second-order valence-corrected chi connectivity index (χ2v) is 5.65. The molecule has 0 amide bonds. The largest absolute Gasteiger partial charge is 0.497 e. The smallest absolute Gasteiger partial charge is 0.343 e. The van der Waals surface area contributed by atoms with Crippen LogP contribution in [0.4, 0.5) is 0 Å². The highest BCUT2D eigenvalue weighted by atomic mass is 16.6. The molecule has 132 valence electrons. The van der Waals surface area contributed by atoms with Gasteiger partial charge in [0.1, 0.15) is 11.5 Å². The molecule has 0 aliphatic carbocycles. The van der Waals surface area contributed by atoms with E-state index in [-0.39, 0.29) is 6.61 Å². The second-order valence-electron chi connectivity index (χ2n) is 5.65. The van der Waals surface area contributed by atoms with Crippen LogP contribution in [0.15, 0.2) is 72.8 Å². The van der Waals surface area contributed by atoms with E-state index in [1.807, 2.05) is 72.8 Å². The molecule has 0 saturated carbocycles. The van der Waals surface area contributed by atoms with E-state index < -0.39 is 5.97 Å². The van der Waals surface area contributed by atoms with Crippen molar-refractivity contribution in [2.24, 2.45) is 0 Å². The van der Waals surface area contributed by atoms with E-state index in [0.29, 0.717) is 11.5 Å². The van der Waals surface area contributed by atoms with Crippen molar-refractivity contribution >= 4 is 5.97 Å². The Morgan fingerprint density at radius 3 is 1.73 bits per heavy atom. The zero-order valence-corrected chi connectivity index (χ0v) is 14.8. The van der Waals surface area contributed by atoms with Crippen molar-refractivity contribution in [2.75, 3.05) is 20.8 Å². The maximum Gasteiger partial charge on any atom is 0.343 e. The van der Waals surface area contributed by atoms with Gasteiger partial charge < -0.3 is 14.2 Å². The number of esters is 1. The van der Waals surface area contributed by atoms with E-state index in [0.717, 1.165) is 22.3 Å². The lowest BCUT2D eigenvalue weighted by molar-refractivity contribution is -0.142. The highest BCUT2D eigenvalue weighted by molar-refractivity contribution is 5.85. The topological polar surface area (TPSA) is 44.8 Å². The lowest BCUT2D eigenvalue weighted by Crippen LogP contribution is -2.13. The molecule has 0 unspecified atom stereocenters. The van der Waals surface area contributed by atoms with Gasteiger partial charge in [-0.25, -0.2) is 4.79 Å². The fourth-order valence-electron chi connectivity index (χ4n) is 2.73. The van der Waals surface area contributed by atoms with Crippen LogP contribution >= 0.6 is 0 Å². The first-order valence-corrected chi connectivity index (χ1v) is 8.25. The maximum absolute atomic E-state index is 11.6. The molecular formula is C22H20O4. The first-order valence-electron chi connectivity index (χ1n) is 8.25. The number of benzene rings is 3. The number of carbonyl (C=O) groups is 1. The minimum atomic E-state index is -0.432. The first-order chi connectivity index (χ1) is 12.7. The van der Waals surface area contributed by atoms with Gasteiger partial charge in [-0.05, 0) is 23.3 Å². The summed E-state index contributed by atoms with van der Waals surface area (Å²) in [6.45, 7) is -0.164. The quantitative estimate of drug-likeness (QED) is 0.612. The predicted molar refractivity (Wildman–Crippen MR) is 101 cm³/mol. The van der Waals surface area contributed by atoms with Gasteiger partial charge in [-0.1, -0.05) is 60.7 Å². The van der Waals surface area contributed by atoms with Crippen LogP contribution in [-0.2, 0) is 9.53 Å². The monoisotopic (exact) mass is 348 g/mol. The van der Waals surface area contributed by atoms with Gasteiger partial charge in [-0.2, -0.15) is 0 Å². The van der Waals surface area contributed by atoms with Crippen molar-refractivity contribution in [1.29, 1.82) is 0 Å². The van der Waals surface area contributed by atoms with Gasteiger partial charge in [0, 0.05) is 11.1 Å². The van der Waals surface area contributed by atoms with E-state index in [1.165, 1.54) is 7.11 Å². The molecule has 3 aromatic carbocycles. The van der Waals surface area contributed by atoms with Gasteiger partial charge in [0.05, 0.1) is 14.2 Å². The Kier molecular flexibility index (Phi) is 5.54. The highest BCUT2D eigenvalue weighted by Crippen LogP contribution is 2.42. The molecule has 4 heteroatoms. The van der Waals surface area contributed by atoms with Gasteiger partial charge in [0.15, 0.2) is 6.61 Å². The average molecular weight is 348 g/mol. The molecule has 0 fully saturated rings. The molecule has 0 aliphatic heterocycles. The molecule has 0 heterocycles. The van der Waals surface area contributed by atoms with Crippen molar-refractivity contribution in [3.05, 3.63) is 72.8 Å². The van der Waals surface area contributed by atoms with Crippen molar-refractivity contribution in [3.8, 4) is 33.8 Å². The third-order valence-corrected chi connectivity index (χ3v) is 4.03. The third-order valence-electron chi connectivity index (χ3n) is 4.03. The molecule has 26 heavy (non-hydrogen) atoms. The van der Waals surface area contributed by atoms with Crippen LogP contribution in [0, 0.1) is 0 Å². The number of methoxy groups -OCH3 is 2. The summed E-state index contributed by atoms with van der Waals surface area (Å²) in [5, 5.41) is 0. The minimum Gasteiger partial charge on any atom is -0.497 e. The van der Waals surface area contributed by atoms with Gasteiger partial charge >= 0.3 is 5.97 Å². The van der Waals surface area contributed by atoms with E-state index in [9.17, 15) is 4.79 Å². The molecule has 0 aromatic heterocycles. The van der Waals surface area contributed by atoms with E-state index in [4.69, 9.17) is 14.2 Å². The van der Waals surface area contributed by atoms with E-state index >= 15 is 0 Å². The lowest BCUT2D eigenvalue weighted by atomic mass is 9.96. The molecule has 0 aliphatic rings. The predicted octanol–water partition coefficient (Wildman–Crippen LogP) is 4.58. The van der Waals surface area contributed by atoms with Crippen LogP contribution < -0.4 is 9.47 Å². The Balaban J connectivity index is 2.19.